The molecule has 0 aliphatic rings. The molecule has 1 nitrogen and oxygen atoms in total. The van der Waals surface area contributed by atoms with Crippen molar-refractivity contribution in [1.82, 2.24) is 4.98 Å². The first-order chi connectivity index (χ1) is 14.4. The Balaban J connectivity index is 1.77. The minimum absolute atomic E-state index is 0.626. The smallest absolute Gasteiger partial charge is 0.0708 e. The van der Waals surface area contributed by atoms with Crippen molar-refractivity contribution in [2.24, 2.45) is 0 Å². The van der Waals surface area contributed by atoms with E-state index in [0.29, 0.717) is 11.1 Å². The molecule has 0 atom stereocenters. The van der Waals surface area contributed by atoms with Gasteiger partial charge in [-0.2, -0.15) is 0 Å². The number of nitrogens with zero attached hydrogens (tertiary/aromatic N) is 1. The molecule has 0 saturated carbocycles. The summed E-state index contributed by atoms with van der Waals surface area (Å²) in [5, 5.41) is 0. The van der Waals surface area contributed by atoms with Gasteiger partial charge in [0.05, 0.1) is 5.69 Å². The lowest BCUT2D eigenvalue weighted by molar-refractivity contribution is 1.19. The first-order valence-electron chi connectivity index (χ1n) is 10.6. The van der Waals surface area contributed by atoms with Gasteiger partial charge in [-0.3, -0.25) is 4.98 Å². The second-order valence-electron chi connectivity index (χ2n) is 7.28. The van der Waals surface area contributed by atoms with Gasteiger partial charge in [-0.25, -0.2) is 0 Å². The van der Waals surface area contributed by atoms with Crippen LogP contribution in [0.3, 0.4) is 0 Å². The molecule has 0 spiro atoms. The third-order valence-corrected chi connectivity index (χ3v) is 4.95. The van der Waals surface area contributed by atoms with Crippen LogP contribution in [-0.2, 0) is 6.37 Å². The summed E-state index contributed by atoms with van der Waals surface area (Å²) in [6, 6.07) is 25.5. The average molecular weight is 366 g/mol. The molecule has 0 saturated heterocycles. The van der Waals surface area contributed by atoms with Crippen LogP contribution < -0.4 is 0 Å². The van der Waals surface area contributed by atoms with Crippen molar-refractivity contribution in [1.29, 1.82) is 0 Å². The highest BCUT2D eigenvalue weighted by atomic mass is 14.7. The van der Waals surface area contributed by atoms with Crippen molar-refractivity contribution in [3.8, 4) is 22.4 Å². The van der Waals surface area contributed by atoms with Gasteiger partial charge < -0.3 is 0 Å². The SMILES string of the molecule is [2H]C([2H])(c1ccccc1)c1cccc(-c2cc(-c3c(C)cc(C)cc3C)ccn2)c1. The predicted octanol–water partition coefficient (Wildman–Crippen LogP) is 6.93. The normalized spacial score (nSPS) is 12.4. The Morgan fingerprint density at radius 3 is 2.18 bits per heavy atom. The summed E-state index contributed by atoms with van der Waals surface area (Å²) in [7, 11) is 0. The van der Waals surface area contributed by atoms with Gasteiger partial charge in [-0.1, -0.05) is 66.2 Å². The standard InChI is InChI=1S/C27H25N/c1-19-14-20(2)27(21(3)15-19)25-12-13-28-26(18-25)24-11-7-10-23(17-24)16-22-8-5-4-6-9-22/h4-15,17-18H,16H2,1-3H3/i16D2. The Hall–Kier alpha value is -3.19. The highest BCUT2D eigenvalue weighted by Crippen LogP contribution is 2.31. The fraction of sp³-hybridized carbons (Fsp3) is 0.148. The lowest BCUT2D eigenvalue weighted by Gasteiger charge is -2.13. The molecule has 0 bridgehead atoms. The van der Waals surface area contributed by atoms with Crippen LogP contribution in [0.2, 0.25) is 0 Å². The first-order valence-corrected chi connectivity index (χ1v) is 9.57. The molecule has 0 radical (unpaired) electrons. The fourth-order valence-corrected chi connectivity index (χ4v) is 3.82. The molecule has 0 amide bonds. The van der Waals surface area contributed by atoms with E-state index >= 15 is 0 Å². The van der Waals surface area contributed by atoms with E-state index in [0.717, 1.165) is 16.8 Å². The first kappa shape index (κ1) is 15.8. The minimum Gasteiger partial charge on any atom is -0.256 e. The number of pyridine rings is 1. The third kappa shape index (κ3) is 3.89. The van der Waals surface area contributed by atoms with Crippen molar-refractivity contribution < 1.29 is 2.74 Å². The summed E-state index contributed by atoms with van der Waals surface area (Å²) >= 11 is 0. The molecular formula is C27H25N. The second-order valence-corrected chi connectivity index (χ2v) is 7.28. The maximum Gasteiger partial charge on any atom is 0.0708 e. The predicted molar refractivity (Wildman–Crippen MR) is 119 cm³/mol. The van der Waals surface area contributed by atoms with E-state index in [9.17, 15) is 0 Å². The van der Waals surface area contributed by atoms with Crippen LogP contribution in [0.4, 0.5) is 0 Å². The van der Waals surface area contributed by atoms with Crippen molar-refractivity contribution >= 4 is 0 Å². The highest BCUT2D eigenvalue weighted by molar-refractivity contribution is 5.75. The average Bonchev–Trinajstić information content (AvgIpc) is 2.74. The molecule has 0 aliphatic carbocycles. The molecule has 0 N–H and O–H groups in total. The number of hydrogen-bond acceptors (Lipinski definition) is 1. The van der Waals surface area contributed by atoms with E-state index < -0.39 is 6.37 Å². The van der Waals surface area contributed by atoms with Crippen molar-refractivity contribution in [3.05, 3.63) is 113 Å². The minimum atomic E-state index is -1.57. The molecule has 0 aliphatic heterocycles. The summed E-state index contributed by atoms with van der Waals surface area (Å²) < 4.78 is 17.3. The molecule has 1 aromatic heterocycles. The van der Waals surface area contributed by atoms with E-state index in [4.69, 9.17) is 2.74 Å². The largest absolute Gasteiger partial charge is 0.256 e. The van der Waals surface area contributed by atoms with Gasteiger partial charge in [0.1, 0.15) is 0 Å². The maximum absolute atomic E-state index is 8.67. The summed E-state index contributed by atoms with van der Waals surface area (Å²) in [5.41, 5.74) is 9.16. The van der Waals surface area contributed by atoms with E-state index in [1.54, 1.807) is 0 Å². The van der Waals surface area contributed by atoms with Crippen LogP contribution in [0.5, 0.6) is 0 Å². The summed E-state index contributed by atoms with van der Waals surface area (Å²) in [5.74, 6) is 0. The molecule has 28 heavy (non-hydrogen) atoms. The topological polar surface area (TPSA) is 12.9 Å². The van der Waals surface area contributed by atoms with Crippen LogP contribution in [0.15, 0.2) is 85.1 Å². The monoisotopic (exact) mass is 365 g/mol. The van der Waals surface area contributed by atoms with E-state index in [-0.39, 0.29) is 0 Å². The molecule has 1 heterocycles. The van der Waals surface area contributed by atoms with Gasteiger partial charge in [0, 0.05) is 14.5 Å². The summed E-state index contributed by atoms with van der Waals surface area (Å²) in [6.07, 6.45) is 0.265. The van der Waals surface area contributed by atoms with Crippen molar-refractivity contribution in [2.75, 3.05) is 0 Å². The van der Waals surface area contributed by atoms with E-state index in [2.05, 4.69) is 44.0 Å². The van der Waals surface area contributed by atoms with Gasteiger partial charge in [0.2, 0.25) is 0 Å². The van der Waals surface area contributed by atoms with Crippen LogP contribution in [0.1, 0.15) is 30.6 Å². The van der Waals surface area contributed by atoms with Crippen molar-refractivity contribution in [3.63, 3.8) is 0 Å². The van der Waals surface area contributed by atoms with Gasteiger partial charge in [0.15, 0.2) is 0 Å². The second kappa shape index (κ2) is 7.82. The Kier molecular flexibility index (Phi) is 4.42. The van der Waals surface area contributed by atoms with Gasteiger partial charge in [-0.05, 0) is 78.7 Å². The van der Waals surface area contributed by atoms with E-state index in [1.807, 2.05) is 66.9 Å². The number of aromatic nitrogens is 1. The van der Waals surface area contributed by atoms with Crippen LogP contribution in [0, 0.1) is 20.8 Å². The van der Waals surface area contributed by atoms with Crippen LogP contribution >= 0.6 is 0 Å². The van der Waals surface area contributed by atoms with Crippen LogP contribution in [0.25, 0.3) is 22.4 Å². The summed E-state index contributed by atoms with van der Waals surface area (Å²) in [4.78, 5) is 4.59. The third-order valence-electron chi connectivity index (χ3n) is 4.95. The van der Waals surface area contributed by atoms with Gasteiger partial charge >= 0.3 is 0 Å². The van der Waals surface area contributed by atoms with Gasteiger partial charge in [0.25, 0.3) is 0 Å². The molecule has 0 fully saturated rings. The number of aryl methyl sites for hydroxylation is 3. The molecule has 4 aromatic rings. The summed E-state index contributed by atoms with van der Waals surface area (Å²) in [6.45, 7) is 6.41. The molecule has 0 unspecified atom stereocenters. The highest BCUT2D eigenvalue weighted by Gasteiger charge is 2.09. The maximum atomic E-state index is 8.67. The lowest BCUT2D eigenvalue weighted by atomic mass is 9.93. The zero-order chi connectivity index (χ0) is 21.3. The Morgan fingerprint density at radius 2 is 1.43 bits per heavy atom. The number of rotatable bonds is 4. The Bertz CT molecular complexity index is 1170. The quantitative estimate of drug-likeness (QED) is 0.382. The van der Waals surface area contributed by atoms with Crippen LogP contribution in [-0.4, -0.2) is 4.98 Å². The zero-order valence-electron chi connectivity index (χ0n) is 18.5. The molecule has 1 heteroatoms. The lowest BCUT2D eigenvalue weighted by Crippen LogP contribution is -1.93. The molecule has 4 rings (SSSR count). The van der Waals surface area contributed by atoms with Crippen molar-refractivity contribution in [2.45, 2.75) is 27.1 Å². The molecule has 3 aromatic carbocycles. The molecular weight excluding hydrogens is 338 g/mol. The zero-order valence-corrected chi connectivity index (χ0v) is 16.5. The fourth-order valence-electron chi connectivity index (χ4n) is 3.82. The number of benzene rings is 3. The van der Waals surface area contributed by atoms with E-state index in [1.165, 1.54) is 22.3 Å². The van der Waals surface area contributed by atoms with Gasteiger partial charge in [-0.15, -0.1) is 0 Å². The Labute approximate surface area is 170 Å². The Morgan fingerprint density at radius 1 is 0.714 bits per heavy atom. The number of hydrogen-bond donors (Lipinski definition) is 0. The molecule has 138 valence electrons.